The van der Waals surface area contributed by atoms with Crippen molar-refractivity contribution in [3.8, 4) is 0 Å². The van der Waals surface area contributed by atoms with Crippen LogP contribution >= 0.6 is 0 Å². The van der Waals surface area contributed by atoms with Crippen molar-refractivity contribution in [1.82, 2.24) is 9.62 Å². The van der Waals surface area contributed by atoms with Gasteiger partial charge in [-0.05, 0) is 50.0 Å². The van der Waals surface area contributed by atoms with E-state index in [0.717, 1.165) is 37.9 Å². The Morgan fingerprint density at radius 3 is 2.68 bits per heavy atom. The molecule has 0 aromatic heterocycles. The molecule has 1 aliphatic heterocycles. The molecule has 0 saturated carbocycles. The number of benzene rings is 1. The summed E-state index contributed by atoms with van der Waals surface area (Å²) in [5.41, 5.74) is 0.880. The minimum Gasteiger partial charge on any atom is -0.380 e. The molecule has 2 rings (SSSR count). The molecule has 0 atom stereocenters. The van der Waals surface area contributed by atoms with Gasteiger partial charge in [0, 0.05) is 19.7 Å². The summed E-state index contributed by atoms with van der Waals surface area (Å²) >= 11 is 0. The van der Waals surface area contributed by atoms with E-state index in [-0.39, 0.29) is 6.04 Å². The van der Waals surface area contributed by atoms with Crippen LogP contribution in [0.25, 0.3) is 0 Å². The third kappa shape index (κ3) is 4.07. The van der Waals surface area contributed by atoms with Crippen LogP contribution in [0.4, 0.5) is 0 Å². The molecule has 124 valence electrons. The Bertz CT molecular complexity index is 569. The highest BCUT2D eigenvalue weighted by Gasteiger charge is 2.31. The highest BCUT2D eigenvalue weighted by atomic mass is 32.2. The number of sulfonamides is 1. The Hall–Kier alpha value is -0.950. The van der Waals surface area contributed by atoms with Gasteiger partial charge in [0.05, 0.1) is 11.5 Å². The molecule has 1 aromatic carbocycles. The van der Waals surface area contributed by atoms with E-state index >= 15 is 0 Å². The summed E-state index contributed by atoms with van der Waals surface area (Å²) in [7, 11) is -1.84. The number of nitrogens with zero attached hydrogens (tertiary/aromatic N) is 1. The fourth-order valence-corrected chi connectivity index (χ4v) is 4.76. The average molecular weight is 326 g/mol. The maximum absolute atomic E-state index is 13.0. The molecule has 1 heterocycles. The van der Waals surface area contributed by atoms with E-state index in [1.807, 2.05) is 13.0 Å². The van der Waals surface area contributed by atoms with Crippen LogP contribution < -0.4 is 5.32 Å². The third-order valence-electron chi connectivity index (χ3n) is 3.98. The Balaban J connectivity index is 2.29. The molecule has 0 spiro atoms. The minimum absolute atomic E-state index is 0.0947. The molecular formula is C16H26N2O3S. The summed E-state index contributed by atoms with van der Waals surface area (Å²) in [5, 5.41) is 3.29. The van der Waals surface area contributed by atoms with Crippen LogP contribution in [0.3, 0.4) is 0 Å². The number of rotatable bonds is 7. The first-order valence-electron chi connectivity index (χ1n) is 7.90. The summed E-state index contributed by atoms with van der Waals surface area (Å²) in [5.74, 6) is 0. The number of nitrogens with one attached hydrogen (secondary N) is 1. The lowest BCUT2D eigenvalue weighted by Crippen LogP contribution is -2.46. The van der Waals surface area contributed by atoms with Crippen LogP contribution in [0.2, 0.25) is 0 Å². The second-order valence-electron chi connectivity index (χ2n) is 5.68. The van der Waals surface area contributed by atoms with Gasteiger partial charge in [-0.3, -0.25) is 0 Å². The Labute approximate surface area is 133 Å². The van der Waals surface area contributed by atoms with Crippen LogP contribution in [0, 0.1) is 0 Å². The first kappa shape index (κ1) is 17.4. The normalized spacial score (nSPS) is 17.0. The molecule has 6 heteroatoms. The first-order chi connectivity index (χ1) is 10.6. The van der Waals surface area contributed by atoms with Crippen LogP contribution in [0.1, 0.15) is 31.7 Å². The van der Waals surface area contributed by atoms with E-state index in [0.29, 0.717) is 18.0 Å². The van der Waals surface area contributed by atoms with E-state index in [2.05, 4.69) is 5.32 Å². The molecule has 1 aromatic rings. The van der Waals surface area contributed by atoms with Crippen molar-refractivity contribution in [1.29, 1.82) is 0 Å². The molecule has 5 nitrogen and oxygen atoms in total. The van der Waals surface area contributed by atoms with Crippen LogP contribution in [-0.4, -0.2) is 45.5 Å². The predicted molar refractivity (Wildman–Crippen MR) is 87.2 cm³/mol. The smallest absolute Gasteiger partial charge is 0.243 e. The summed E-state index contributed by atoms with van der Waals surface area (Å²) in [4.78, 5) is 0.369. The van der Waals surface area contributed by atoms with Gasteiger partial charge >= 0.3 is 0 Å². The fourth-order valence-electron chi connectivity index (χ4n) is 2.91. The SMILES string of the molecule is CCCN(C1CCNCC1)S(=O)(=O)c1cccc(COC)c1. The van der Waals surface area contributed by atoms with Gasteiger partial charge in [-0.15, -0.1) is 0 Å². The Morgan fingerprint density at radius 1 is 1.32 bits per heavy atom. The molecule has 0 unspecified atom stereocenters. The van der Waals surface area contributed by atoms with Gasteiger partial charge in [0.15, 0.2) is 0 Å². The van der Waals surface area contributed by atoms with Gasteiger partial charge in [0.2, 0.25) is 10.0 Å². The Kier molecular flexibility index (Phi) is 6.37. The molecule has 1 N–H and O–H groups in total. The van der Waals surface area contributed by atoms with E-state index < -0.39 is 10.0 Å². The largest absolute Gasteiger partial charge is 0.380 e. The predicted octanol–water partition coefficient (Wildman–Crippen LogP) is 1.99. The number of ether oxygens (including phenoxy) is 1. The highest BCUT2D eigenvalue weighted by molar-refractivity contribution is 7.89. The van der Waals surface area contributed by atoms with E-state index in [1.165, 1.54) is 0 Å². The van der Waals surface area contributed by atoms with Crippen LogP contribution in [0.5, 0.6) is 0 Å². The van der Waals surface area contributed by atoms with Crippen molar-refractivity contribution < 1.29 is 13.2 Å². The summed E-state index contributed by atoms with van der Waals surface area (Å²) < 4.78 is 32.9. The second kappa shape index (κ2) is 8.06. The molecule has 1 fully saturated rings. The highest BCUT2D eigenvalue weighted by Crippen LogP contribution is 2.23. The maximum Gasteiger partial charge on any atom is 0.243 e. The molecule has 0 aliphatic carbocycles. The zero-order valence-electron chi connectivity index (χ0n) is 13.4. The monoisotopic (exact) mass is 326 g/mol. The maximum atomic E-state index is 13.0. The van der Waals surface area contributed by atoms with Crippen molar-refractivity contribution in [3.63, 3.8) is 0 Å². The van der Waals surface area contributed by atoms with Gasteiger partial charge in [-0.1, -0.05) is 19.1 Å². The van der Waals surface area contributed by atoms with Crippen molar-refractivity contribution >= 4 is 10.0 Å². The molecule has 0 bridgehead atoms. The average Bonchev–Trinajstić information content (AvgIpc) is 2.54. The topological polar surface area (TPSA) is 58.6 Å². The van der Waals surface area contributed by atoms with Gasteiger partial charge < -0.3 is 10.1 Å². The minimum atomic E-state index is -3.45. The first-order valence-corrected chi connectivity index (χ1v) is 9.34. The zero-order chi connectivity index (χ0) is 16.0. The number of hydrogen-bond acceptors (Lipinski definition) is 4. The van der Waals surface area contributed by atoms with Crippen molar-refractivity contribution in [3.05, 3.63) is 29.8 Å². The lowest BCUT2D eigenvalue weighted by atomic mass is 10.1. The van der Waals surface area contributed by atoms with Gasteiger partial charge in [-0.25, -0.2) is 8.42 Å². The molecule has 0 amide bonds. The van der Waals surface area contributed by atoms with Crippen molar-refractivity contribution in [2.45, 2.75) is 43.7 Å². The quantitative estimate of drug-likeness (QED) is 0.832. The van der Waals surface area contributed by atoms with Crippen molar-refractivity contribution in [2.24, 2.45) is 0 Å². The zero-order valence-corrected chi connectivity index (χ0v) is 14.2. The third-order valence-corrected chi connectivity index (χ3v) is 5.92. The van der Waals surface area contributed by atoms with Crippen molar-refractivity contribution in [2.75, 3.05) is 26.7 Å². The summed E-state index contributed by atoms with van der Waals surface area (Å²) in [6.45, 7) is 4.77. The lowest BCUT2D eigenvalue weighted by Gasteiger charge is -2.33. The fraction of sp³-hybridized carbons (Fsp3) is 0.625. The van der Waals surface area contributed by atoms with E-state index in [9.17, 15) is 8.42 Å². The van der Waals surface area contributed by atoms with Gasteiger partial charge in [0.25, 0.3) is 0 Å². The summed E-state index contributed by atoms with van der Waals surface area (Å²) in [6, 6.07) is 7.17. The lowest BCUT2D eigenvalue weighted by molar-refractivity contribution is 0.184. The Morgan fingerprint density at radius 2 is 2.05 bits per heavy atom. The van der Waals surface area contributed by atoms with Gasteiger partial charge in [0.1, 0.15) is 0 Å². The molecule has 1 aliphatic rings. The van der Waals surface area contributed by atoms with Gasteiger partial charge in [-0.2, -0.15) is 4.31 Å². The molecule has 1 saturated heterocycles. The summed E-state index contributed by atoms with van der Waals surface area (Å²) in [6.07, 6.45) is 2.56. The number of methoxy groups -OCH3 is 1. The standard InChI is InChI=1S/C16H26N2O3S/c1-3-11-18(15-7-9-17-10-8-15)22(19,20)16-6-4-5-14(12-16)13-21-2/h4-6,12,15,17H,3,7-11,13H2,1-2H3. The number of hydrogen-bond donors (Lipinski definition) is 1. The molecular weight excluding hydrogens is 300 g/mol. The van der Waals surface area contributed by atoms with Crippen LogP contribution in [-0.2, 0) is 21.4 Å². The van der Waals surface area contributed by atoms with E-state index in [1.54, 1.807) is 29.6 Å². The molecule has 22 heavy (non-hydrogen) atoms. The number of piperidine rings is 1. The second-order valence-corrected chi connectivity index (χ2v) is 7.57. The van der Waals surface area contributed by atoms with E-state index in [4.69, 9.17) is 4.74 Å². The van der Waals surface area contributed by atoms with Crippen LogP contribution in [0.15, 0.2) is 29.2 Å². The molecule has 0 radical (unpaired) electrons.